The zero-order chi connectivity index (χ0) is 11.0. The predicted molar refractivity (Wildman–Crippen MR) is 70.0 cm³/mol. The fourth-order valence-corrected chi connectivity index (χ4v) is 2.94. The van der Waals surface area contributed by atoms with Crippen LogP contribution < -0.4 is 5.32 Å². The zero-order valence-corrected chi connectivity index (χ0v) is 10.4. The van der Waals surface area contributed by atoms with Gasteiger partial charge in [0.15, 0.2) is 5.13 Å². The average Bonchev–Trinajstić information content (AvgIpc) is 2.87. The second-order valence-corrected chi connectivity index (χ2v) is 5.27. The Kier molecular flexibility index (Phi) is 2.51. The van der Waals surface area contributed by atoms with Gasteiger partial charge in [-0.3, -0.25) is 0 Å². The van der Waals surface area contributed by atoms with Crippen LogP contribution in [0, 0.1) is 0 Å². The van der Waals surface area contributed by atoms with Crippen LogP contribution in [0.4, 0.5) is 10.8 Å². The summed E-state index contributed by atoms with van der Waals surface area (Å²) < 4.78 is 1.16. The van der Waals surface area contributed by atoms with E-state index in [1.54, 1.807) is 16.7 Å². The lowest BCUT2D eigenvalue weighted by atomic mass is 10.3. The minimum atomic E-state index is 0.520. The molecule has 0 spiro atoms. The zero-order valence-electron chi connectivity index (χ0n) is 7.98. The van der Waals surface area contributed by atoms with Crippen LogP contribution in [0.1, 0.15) is 0 Å². The van der Waals surface area contributed by atoms with Crippen molar-refractivity contribution >= 4 is 55.3 Å². The maximum absolute atomic E-state index is 5.76. The Labute approximate surface area is 105 Å². The van der Waals surface area contributed by atoms with Crippen LogP contribution >= 0.6 is 34.3 Å². The van der Waals surface area contributed by atoms with Gasteiger partial charge in [-0.15, -0.1) is 22.7 Å². The summed E-state index contributed by atoms with van der Waals surface area (Å²) in [5.74, 6) is 0. The van der Waals surface area contributed by atoms with E-state index in [0.717, 1.165) is 21.0 Å². The molecule has 0 radical (unpaired) electrons. The molecule has 0 saturated carbocycles. The Morgan fingerprint density at radius 1 is 1.25 bits per heavy atom. The van der Waals surface area contributed by atoms with Gasteiger partial charge in [-0.05, 0) is 18.2 Å². The average molecular weight is 268 g/mol. The molecule has 0 atom stereocenters. The summed E-state index contributed by atoms with van der Waals surface area (Å²) in [6, 6.07) is 6.03. The fourth-order valence-electron chi connectivity index (χ4n) is 1.37. The highest BCUT2D eigenvalue weighted by molar-refractivity contribution is 7.16. The van der Waals surface area contributed by atoms with Gasteiger partial charge in [0, 0.05) is 11.1 Å². The molecule has 3 rings (SSSR count). The highest BCUT2D eigenvalue weighted by atomic mass is 35.5. The molecule has 0 amide bonds. The molecule has 1 N–H and O–H groups in total. The lowest BCUT2D eigenvalue weighted by Gasteiger charge is -2.01. The van der Waals surface area contributed by atoms with Crippen molar-refractivity contribution in [3.8, 4) is 0 Å². The third kappa shape index (κ3) is 1.89. The molecule has 0 unspecified atom stereocenters. The van der Waals surface area contributed by atoms with Crippen LogP contribution in [0.25, 0.3) is 10.2 Å². The monoisotopic (exact) mass is 267 g/mol. The fraction of sp³-hybridized carbons (Fsp3) is 0. The van der Waals surface area contributed by atoms with E-state index in [2.05, 4.69) is 21.4 Å². The molecule has 0 aliphatic heterocycles. The van der Waals surface area contributed by atoms with Gasteiger partial charge in [0.1, 0.15) is 5.15 Å². The van der Waals surface area contributed by atoms with Crippen molar-refractivity contribution in [3.63, 3.8) is 0 Å². The van der Waals surface area contributed by atoms with Crippen molar-refractivity contribution < 1.29 is 0 Å². The van der Waals surface area contributed by atoms with Gasteiger partial charge < -0.3 is 5.32 Å². The lowest BCUT2D eigenvalue weighted by Crippen LogP contribution is -1.88. The SMILES string of the molecule is Clc1csc(Nc2ccc3ncsc3c2)n1. The van der Waals surface area contributed by atoms with E-state index in [-0.39, 0.29) is 0 Å². The number of nitrogens with one attached hydrogen (secondary N) is 1. The van der Waals surface area contributed by atoms with Gasteiger partial charge in [0.2, 0.25) is 0 Å². The molecule has 0 bridgehead atoms. The van der Waals surface area contributed by atoms with Gasteiger partial charge in [0.25, 0.3) is 0 Å². The van der Waals surface area contributed by atoms with E-state index >= 15 is 0 Å². The van der Waals surface area contributed by atoms with E-state index in [1.165, 1.54) is 11.3 Å². The summed E-state index contributed by atoms with van der Waals surface area (Å²) in [5.41, 5.74) is 3.87. The van der Waals surface area contributed by atoms with Crippen molar-refractivity contribution in [2.45, 2.75) is 0 Å². The third-order valence-electron chi connectivity index (χ3n) is 2.06. The second-order valence-electron chi connectivity index (χ2n) is 3.14. The molecule has 2 aromatic heterocycles. The van der Waals surface area contributed by atoms with Crippen molar-refractivity contribution in [2.24, 2.45) is 0 Å². The van der Waals surface area contributed by atoms with Gasteiger partial charge in [-0.25, -0.2) is 9.97 Å². The number of thiazole rings is 2. The molecular formula is C10H6ClN3S2. The Bertz CT molecular complexity index is 632. The van der Waals surface area contributed by atoms with Crippen molar-refractivity contribution in [3.05, 3.63) is 34.2 Å². The summed E-state index contributed by atoms with van der Waals surface area (Å²) >= 11 is 8.86. The van der Waals surface area contributed by atoms with Crippen LogP contribution in [0.5, 0.6) is 0 Å². The van der Waals surface area contributed by atoms with E-state index in [9.17, 15) is 0 Å². The molecule has 0 aliphatic rings. The van der Waals surface area contributed by atoms with Crippen molar-refractivity contribution in [1.29, 1.82) is 0 Å². The quantitative estimate of drug-likeness (QED) is 0.758. The van der Waals surface area contributed by atoms with Crippen LogP contribution in [0.3, 0.4) is 0 Å². The van der Waals surface area contributed by atoms with E-state index in [0.29, 0.717) is 5.15 Å². The summed E-state index contributed by atoms with van der Waals surface area (Å²) in [6.45, 7) is 0. The lowest BCUT2D eigenvalue weighted by molar-refractivity contribution is 1.39. The first-order chi connectivity index (χ1) is 7.81. The van der Waals surface area contributed by atoms with Crippen molar-refractivity contribution in [1.82, 2.24) is 9.97 Å². The highest BCUT2D eigenvalue weighted by Crippen LogP contribution is 2.26. The van der Waals surface area contributed by atoms with E-state index in [1.807, 2.05) is 17.6 Å². The van der Waals surface area contributed by atoms with Crippen LogP contribution in [0.2, 0.25) is 5.15 Å². The van der Waals surface area contributed by atoms with Crippen LogP contribution in [-0.4, -0.2) is 9.97 Å². The Morgan fingerprint density at radius 2 is 2.19 bits per heavy atom. The number of halogens is 1. The first kappa shape index (κ1) is 10.0. The third-order valence-corrected chi connectivity index (χ3v) is 3.93. The molecular weight excluding hydrogens is 262 g/mol. The number of rotatable bonds is 2. The summed E-state index contributed by atoms with van der Waals surface area (Å²) in [7, 11) is 0. The molecule has 3 aromatic rings. The molecule has 0 fully saturated rings. The Morgan fingerprint density at radius 3 is 3.00 bits per heavy atom. The number of anilines is 2. The molecule has 1 aromatic carbocycles. The molecule has 0 aliphatic carbocycles. The topological polar surface area (TPSA) is 37.8 Å². The number of fused-ring (bicyclic) bond motifs is 1. The standard InChI is InChI=1S/C10H6ClN3S2/c11-9-4-15-10(14-9)13-6-1-2-7-8(3-6)16-5-12-7/h1-5H,(H,13,14). The number of benzene rings is 1. The molecule has 16 heavy (non-hydrogen) atoms. The van der Waals surface area contributed by atoms with Gasteiger partial charge in [0.05, 0.1) is 15.7 Å². The summed E-state index contributed by atoms with van der Waals surface area (Å²) in [4.78, 5) is 8.36. The van der Waals surface area contributed by atoms with Crippen LogP contribution in [0.15, 0.2) is 29.1 Å². The molecule has 0 saturated heterocycles. The number of aromatic nitrogens is 2. The number of hydrogen-bond acceptors (Lipinski definition) is 5. The van der Waals surface area contributed by atoms with Gasteiger partial charge in [-0.1, -0.05) is 11.6 Å². The number of nitrogens with zero attached hydrogens (tertiary/aromatic N) is 2. The minimum absolute atomic E-state index is 0.520. The molecule has 2 heterocycles. The molecule has 80 valence electrons. The minimum Gasteiger partial charge on any atom is -0.331 e. The largest absolute Gasteiger partial charge is 0.331 e. The maximum Gasteiger partial charge on any atom is 0.188 e. The number of hydrogen-bond donors (Lipinski definition) is 1. The Balaban J connectivity index is 1.94. The summed E-state index contributed by atoms with van der Waals surface area (Å²) in [5, 5.41) is 6.33. The maximum atomic E-state index is 5.76. The highest BCUT2D eigenvalue weighted by Gasteiger charge is 2.02. The first-order valence-electron chi connectivity index (χ1n) is 4.52. The first-order valence-corrected chi connectivity index (χ1v) is 6.66. The van der Waals surface area contributed by atoms with Crippen LogP contribution in [-0.2, 0) is 0 Å². The van der Waals surface area contributed by atoms with E-state index in [4.69, 9.17) is 11.6 Å². The van der Waals surface area contributed by atoms with Gasteiger partial charge in [-0.2, -0.15) is 0 Å². The predicted octanol–water partition coefficient (Wildman–Crippen LogP) is 4.15. The van der Waals surface area contributed by atoms with E-state index < -0.39 is 0 Å². The van der Waals surface area contributed by atoms with Crippen molar-refractivity contribution in [2.75, 3.05) is 5.32 Å². The molecule has 3 nitrogen and oxygen atoms in total. The molecule has 6 heteroatoms. The normalized spacial score (nSPS) is 10.8. The second kappa shape index (κ2) is 4.01. The smallest absolute Gasteiger partial charge is 0.188 e. The van der Waals surface area contributed by atoms with Gasteiger partial charge >= 0.3 is 0 Å². The Hall–Kier alpha value is -1.17. The summed E-state index contributed by atoms with van der Waals surface area (Å²) in [6.07, 6.45) is 0.